The van der Waals surface area contributed by atoms with E-state index in [1.165, 1.54) is 11.3 Å². The van der Waals surface area contributed by atoms with Crippen LogP contribution in [0.5, 0.6) is 0 Å². The molecule has 0 spiro atoms. The zero-order valence-electron chi connectivity index (χ0n) is 12.4. The second kappa shape index (κ2) is 5.61. The smallest absolute Gasteiger partial charge is 0.249 e. The molecule has 0 aliphatic carbocycles. The number of nitrogens with zero attached hydrogens (tertiary/aromatic N) is 2. The quantitative estimate of drug-likeness (QED) is 0.907. The summed E-state index contributed by atoms with van der Waals surface area (Å²) in [4.78, 5) is 31.8. The van der Waals surface area contributed by atoms with Crippen LogP contribution in [-0.2, 0) is 9.59 Å². The first-order valence-corrected chi connectivity index (χ1v) is 10.1. The van der Waals surface area contributed by atoms with Gasteiger partial charge in [0, 0.05) is 17.6 Å². The Kier molecular flexibility index (Phi) is 3.70. The summed E-state index contributed by atoms with van der Waals surface area (Å²) in [6.07, 6.45) is 1.35. The van der Waals surface area contributed by atoms with Gasteiger partial charge >= 0.3 is 0 Å². The maximum absolute atomic E-state index is 12.6. The van der Waals surface area contributed by atoms with Gasteiger partial charge in [0.25, 0.3) is 0 Å². The Bertz CT molecular complexity index is 758. The summed E-state index contributed by atoms with van der Waals surface area (Å²) in [7, 11) is 0. The van der Waals surface area contributed by atoms with E-state index in [-0.39, 0.29) is 16.7 Å². The molecule has 2 amide bonds. The van der Waals surface area contributed by atoms with E-state index in [1.807, 2.05) is 29.8 Å². The Morgan fingerprint density at radius 2 is 2.35 bits per heavy atom. The molecule has 4 rings (SSSR count). The first kappa shape index (κ1) is 15.2. The van der Waals surface area contributed by atoms with Crippen LogP contribution in [0.3, 0.4) is 0 Å². The van der Waals surface area contributed by atoms with E-state index >= 15 is 0 Å². The lowest BCUT2D eigenvalue weighted by Crippen LogP contribution is -2.48. The Hall–Kier alpha value is -1.38. The number of hydrogen-bond acceptors (Lipinski definition) is 6. The molecular weight excluding hydrogens is 350 g/mol. The van der Waals surface area contributed by atoms with E-state index in [0.717, 1.165) is 17.0 Å². The Balaban J connectivity index is 1.49. The normalized spacial score (nSPS) is 26.6. The van der Waals surface area contributed by atoms with Gasteiger partial charge in [0.05, 0.1) is 15.4 Å². The molecule has 2 aliphatic heterocycles. The predicted octanol–water partition coefficient (Wildman–Crippen LogP) is 3.26. The lowest BCUT2D eigenvalue weighted by Gasteiger charge is -2.29. The minimum atomic E-state index is -0.394. The fraction of sp³-hybridized carbons (Fsp3) is 0.400. The van der Waals surface area contributed by atoms with E-state index in [0.29, 0.717) is 17.3 Å². The Morgan fingerprint density at radius 1 is 1.48 bits per heavy atom. The monoisotopic (exact) mass is 365 g/mol. The molecule has 2 aromatic rings. The van der Waals surface area contributed by atoms with Crippen molar-refractivity contribution in [2.75, 3.05) is 11.1 Å². The van der Waals surface area contributed by atoms with Crippen LogP contribution < -0.4 is 5.32 Å². The number of hydrogen-bond donors (Lipinski definition) is 1. The number of aromatic nitrogens is 1. The fourth-order valence-corrected chi connectivity index (χ4v) is 5.98. The van der Waals surface area contributed by atoms with E-state index in [1.54, 1.807) is 28.0 Å². The van der Waals surface area contributed by atoms with Gasteiger partial charge in [-0.15, -0.1) is 34.4 Å². The standard InChI is InChI=1S/C15H15N3O2S3/c1-15-5-4-12(19)18(15)10(8-23-15)13(20)17-14-16-9(7-22-14)11-3-2-6-21-11/h2-3,6-7,10H,4-5,8H2,1H3,(H,16,17,20). The second-order valence-electron chi connectivity index (χ2n) is 5.77. The van der Waals surface area contributed by atoms with Crippen molar-refractivity contribution in [2.45, 2.75) is 30.7 Å². The molecule has 5 nitrogen and oxygen atoms in total. The zero-order valence-corrected chi connectivity index (χ0v) is 14.9. The van der Waals surface area contributed by atoms with Crippen molar-refractivity contribution >= 4 is 51.4 Å². The number of thiazole rings is 1. The molecule has 0 radical (unpaired) electrons. The number of fused-ring (bicyclic) bond motifs is 1. The highest BCUT2D eigenvalue weighted by atomic mass is 32.2. The second-order valence-corrected chi connectivity index (χ2v) is 9.08. The highest BCUT2D eigenvalue weighted by Gasteiger charge is 2.52. The fourth-order valence-electron chi connectivity index (χ4n) is 3.07. The summed E-state index contributed by atoms with van der Waals surface area (Å²) in [5.41, 5.74) is 0.878. The summed E-state index contributed by atoms with van der Waals surface area (Å²) in [5, 5.41) is 7.41. The van der Waals surface area contributed by atoms with Crippen LogP contribution in [-0.4, -0.2) is 38.4 Å². The van der Waals surface area contributed by atoms with Crippen molar-refractivity contribution in [3.05, 3.63) is 22.9 Å². The van der Waals surface area contributed by atoms with Crippen LogP contribution in [0.25, 0.3) is 10.6 Å². The highest BCUT2D eigenvalue weighted by molar-refractivity contribution is 8.01. The van der Waals surface area contributed by atoms with E-state index in [9.17, 15) is 9.59 Å². The van der Waals surface area contributed by atoms with Crippen LogP contribution in [0.2, 0.25) is 0 Å². The zero-order chi connectivity index (χ0) is 16.0. The molecule has 0 saturated carbocycles. The Morgan fingerprint density at radius 3 is 3.13 bits per heavy atom. The maximum Gasteiger partial charge on any atom is 0.249 e. The van der Waals surface area contributed by atoms with Gasteiger partial charge in [-0.3, -0.25) is 9.59 Å². The van der Waals surface area contributed by atoms with Gasteiger partial charge in [0.1, 0.15) is 6.04 Å². The molecule has 2 atom stereocenters. The topological polar surface area (TPSA) is 62.3 Å². The third-order valence-electron chi connectivity index (χ3n) is 4.26. The number of thioether (sulfide) groups is 1. The number of carbonyl (C=O) groups excluding carboxylic acids is 2. The third kappa shape index (κ3) is 2.58. The van der Waals surface area contributed by atoms with E-state index in [2.05, 4.69) is 10.3 Å². The van der Waals surface area contributed by atoms with Gasteiger partial charge in [0.2, 0.25) is 11.8 Å². The molecule has 4 heterocycles. The molecule has 2 aliphatic rings. The summed E-state index contributed by atoms with van der Waals surface area (Å²) in [6.45, 7) is 2.05. The van der Waals surface area contributed by atoms with Gasteiger partial charge in [-0.25, -0.2) is 4.98 Å². The van der Waals surface area contributed by atoms with Crippen molar-refractivity contribution in [1.82, 2.24) is 9.88 Å². The number of amides is 2. The highest BCUT2D eigenvalue weighted by Crippen LogP contribution is 2.47. The van der Waals surface area contributed by atoms with Crippen molar-refractivity contribution in [3.63, 3.8) is 0 Å². The van der Waals surface area contributed by atoms with E-state index < -0.39 is 6.04 Å². The van der Waals surface area contributed by atoms with E-state index in [4.69, 9.17) is 0 Å². The first-order chi connectivity index (χ1) is 11.1. The lowest BCUT2D eigenvalue weighted by atomic mass is 10.2. The van der Waals surface area contributed by atoms with Crippen molar-refractivity contribution < 1.29 is 9.59 Å². The molecule has 2 aromatic heterocycles. The maximum atomic E-state index is 12.6. The minimum Gasteiger partial charge on any atom is -0.315 e. The van der Waals surface area contributed by atoms with Crippen LogP contribution in [0.1, 0.15) is 19.8 Å². The molecule has 0 aromatic carbocycles. The molecule has 2 fully saturated rings. The van der Waals surface area contributed by atoms with Crippen molar-refractivity contribution in [2.24, 2.45) is 0 Å². The molecule has 2 unspecified atom stereocenters. The predicted molar refractivity (Wildman–Crippen MR) is 94.8 cm³/mol. The molecule has 8 heteroatoms. The average molecular weight is 366 g/mol. The van der Waals surface area contributed by atoms with Crippen LogP contribution in [0.4, 0.5) is 5.13 Å². The lowest BCUT2D eigenvalue weighted by molar-refractivity contribution is -0.135. The molecule has 120 valence electrons. The molecular formula is C15H15N3O2S3. The number of rotatable bonds is 3. The third-order valence-corrected chi connectivity index (χ3v) is 7.41. The number of nitrogens with one attached hydrogen (secondary N) is 1. The van der Waals surface area contributed by atoms with Gasteiger partial charge in [-0.2, -0.15) is 0 Å². The number of carbonyl (C=O) groups is 2. The molecule has 23 heavy (non-hydrogen) atoms. The molecule has 1 N–H and O–H groups in total. The van der Waals surface area contributed by atoms with Crippen LogP contribution in [0, 0.1) is 0 Å². The summed E-state index contributed by atoms with van der Waals surface area (Å²) < 4.78 is 0. The van der Waals surface area contributed by atoms with Crippen LogP contribution in [0.15, 0.2) is 22.9 Å². The van der Waals surface area contributed by atoms with Gasteiger partial charge < -0.3 is 10.2 Å². The van der Waals surface area contributed by atoms with Gasteiger partial charge in [-0.1, -0.05) is 6.07 Å². The van der Waals surface area contributed by atoms with Crippen molar-refractivity contribution in [3.8, 4) is 10.6 Å². The number of anilines is 1. The SMILES string of the molecule is CC12CCC(=O)N1C(C(=O)Nc1nc(-c3cccs3)cs1)CS2. The molecule has 0 bridgehead atoms. The average Bonchev–Trinajstić information content (AvgIpc) is 3.25. The van der Waals surface area contributed by atoms with Crippen molar-refractivity contribution in [1.29, 1.82) is 0 Å². The van der Waals surface area contributed by atoms with Crippen LogP contribution >= 0.6 is 34.4 Å². The van der Waals surface area contributed by atoms with Gasteiger partial charge in [-0.05, 0) is 24.8 Å². The van der Waals surface area contributed by atoms with Gasteiger partial charge in [0.15, 0.2) is 5.13 Å². The first-order valence-electron chi connectivity index (χ1n) is 7.33. The summed E-state index contributed by atoms with van der Waals surface area (Å²) >= 11 is 4.73. The summed E-state index contributed by atoms with van der Waals surface area (Å²) in [5.74, 6) is 0.594. The summed E-state index contributed by atoms with van der Waals surface area (Å²) in [6, 6.07) is 3.59. The molecule has 2 saturated heterocycles. The Labute approximate surface area is 146 Å². The number of thiophene rings is 1. The minimum absolute atomic E-state index is 0.0797. The largest absolute Gasteiger partial charge is 0.315 e.